The third-order valence-electron chi connectivity index (χ3n) is 5.52. The summed E-state index contributed by atoms with van der Waals surface area (Å²) < 4.78 is 41.6. The number of rotatable bonds is 4. The highest BCUT2D eigenvalue weighted by atomic mass is 32.1. The lowest BCUT2D eigenvalue weighted by Gasteiger charge is -2.33. The van der Waals surface area contributed by atoms with Crippen LogP contribution in [0.3, 0.4) is 0 Å². The van der Waals surface area contributed by atoms with Gasteiger partial charge in [0.1, 0.15) is 16.3 Å². The number of halogens is 3. The Bertz CT molecular complexity index is 1340. The van der Waals surface area contributed by atoms with Crippen molar-refractivity contribution in [1.29, 1.82) is 5.26 Å². The molecule has 3 aromatic rings. The molecule has 172 valence electrons. The van der Waals surface area contributed by atoms with Gasteiger partial charge < -0.3 is 15.7 Å². The van der Waals surface area contributed by atoms with Crippen LogP contribution in [-0.2, 0) is 12.7 Å². The zero-order valence-electron chi connectivity index (χ0n) is 17.1. The van der Waals surface area contributed by atoms with E-state index in [9.17, 15) is 33.1 Å². The maximum atomic E-state index is 13.5. The monoisotopic (exact) mass is 477 g/mol. The molecular formula is C21H18F3N5O3S. The molecule has 0 saturated carbocycles. The third kappa shape index (κ3) is 4.17. The quantitative estimate of drug-likeness (QED) is 0.592. The van der Waals surface area contributed by atoms with Gasteiger partial charge in [-0.3, -0.25) is 9.36 Å². The van der Waals surface area contributed by atoms with Crippen molar-refractivity contribution in [3.63, 3.8) is 0 Å². The number of nitrogens with zero attached hydrogens (tertiary/aromatic N) is 4. The molecule has 1 aliphatic heterocycles. The molecule has 0 radical (unpaired) electrons. The molecular weight excluding hydrogens is 459 g/mol. The van der Waals surface area contributed by atoms with Crippen LogP contribution in [0.25, 0.3) is 10.2 Å². The van der Waals surface area contributed by atoms with Gasteiger partial charge in [-0.25, -0.2) is 9.78 Å². The molecule has 1 saturated heterocycles. The summed E-state index contributed by atoms with van der Waals surface area (Å²) in [6.45, 7) is 0.507. The van der Waals surface area contributed by atoms with Gasteiger partial charge in [0, 0.05) is 24.5 Å². The molecule has 0 bridgehead atoms. The fourth-order valence-electron chi connectivity index (χ4n) is 3.98. The molecule has 3 heterocycles. The van der Waals surface area contributed by atoms with Crippen LogP contribution < -0.4 is 16.2 Å². The number of anilines is 1. The maximum Gasteiger partial charge on any atom is 0.419 e. The number of aromatic carboxylic acids is 1. The standard InChI is InChI=1S/C21H18F3N5O3S/c22-21(23,24)15-10-33-17-16(15)27-20(28-6-2-4-12(26)9-28)29(18(17)30)8-11-3-1-5-13(19(31)32)14(11)7-25/h1,3,5,10,12H,2,4,6,8-9,26H2,(H,31,32)/t12-/m1/s1. The topological polar surface area (TPSA) is 125 Å². The number of hydrogen-bond donors (Lipinski definition) is 2. The minimum absolute atomic E-state index is 0.0103. The van der Waals surface area contributed by atoms with E-state index < -0.39 is 28.8 Å². The average Bonchev–Trinajstić information content (AvgIpc) is 3.20. The molecule has 4 rings (SSSR count). The highest BCUT2D eigenvalue weighted by Gasteiger charge is 2.36. The summed E-state index contributed by atoms with van der Waals surface area (Å²) in [7, 11) is 0. The third-order valence-corrected chi connectivity index (χ3v) is 6.48. The lowest BCUT2D eigenvalue weighted by atomic mass is 10.0. The van der Waals surface area contributed by atoms with E-state index in [4.69, 9.17) is 5.73 Å². The first-order valence-corrected chi connectivity index (χ1v) is 10.8. The Morgan fingerprint density at radius 1 is 1.39 bits per heavy atom. The van der Waals surface area contributed by atoms with Crippen molar-refractivity contribution < 1.29 is 23.1 Å². The van der Waals surface area contributed by atoms with E-state index in [0.29, 0.717) is 30.8 Å². The van der Waals surface area contributed by atoms with Gasteiger partial charge in [0.25, 0.3) is 5.56 Å². The number of alkyl halides is 3. The molecule has 1 aromatic carbocycles. The summed E-state index contributed by atoms with van der Waals surface area (Å²) in [5.41, 5.74) is 3.84. The van der Waals surface area contributed by atoms with Crippen molar-refractivity contribution in [1.82, 2.24) is 9.55 Å². The molecule has 33 heavy (non-hydrogen) atoms. The Morgan fingerprint density at radius 2 is 2.15 bits per heavy atom. The smallest absolute Gasteiger partial charge is 0.419 e. The van der Waals surface area contributed by atoms with Gasteiger partial charge in [-0.1, -0.05) is 12.1 Å². The minimum atomic E-state index is -4.68. The van der Waals surface area contributed by atoms with Gasteiger partial charge in [-0.2, -0.15) is 18.4 Å². The molecule has 0 spiro atoms. The van der Waals surface area contributed by atoms with Crippen molar-refractivity contribution in [3.8, 4) is 6.07 Å². The summed E-state index contributed by atoms with van der Waals surface area (Å²) in [6.07, 6.45) is -3.28. The van der Waals surface area contributed by atoms with Crippen molar-refractivity contribution in [2.24, 2.45) is 5.73 Å². The summed E-state index contributed by atoms with van der Waals surface area (Å²) in [5, 5.41) is 19.8. The van der Waals surface area contributed by atoms with Crippen LogP contribution in [-0.4, -0.2) is 39.8 Å². The minimum Gasteiger partial charge on any atom is -0.478 e. The Labute approximate surface area is 189 Å². The van der Waals surface area contributed by atoms with Crippen molar-refractivity contribution in [2.75, 3.05) is 18.0 Å². The largest absolute Gasteiger partial charge is 0.478 e. The van der Waals surface area contributed by atoms with E-state index in [1.165, 1.54) is 22.8 Å². The van der Waals surface area contributed by atoms with Gasteiger partial charge in [-0.15, -0.1) is 11.3 Å². The first kappa shape index (κ1) is 22.8. The number of thiophene rings is 1. The number of aromatic nitrogens is 2. The SMILES string of the molecule is N#Cc1c(Cn2c(N3CCC[C@@H](N)C3)nc3c(C(F)(F)F)csc3c2=O)cccc1C(=O)O. The molecule has 0 amide bonds. The number of nitriles is 1. The molecule has 0 unspecified atom stereocenters. The molecule has 1 atom stereocenters. The Balaban J connectivity index is 1.94. The van der Waals surface area contributed by atoms with E-state index in [1.54, 1.807) is 4.90 Å². The van der Waals surface area contributed by atoms with E-state index in [0.717, 1.165) is 11.8 Å². The molecule has 8 nitrogen and oxygen atoms in total. The zero-order chi connectivity index (χ0) is 23.9. The van der Waals surface area contributed by atoms with Gasteiger partial charge in [0.05, 0.1) is 23.2 Å². The molecule has 0 aliphatic carbocycles. The van der Waals surface area contributed by atoms with Gasteiger partial charge in [0.2, 0.25) is 5.95 Å². The summed E-state index contributed by atoms with van der Waals surface area (Å²) in [4.78, 5) is 30.8. The lowest BCUT2D eigenvalue weighted by Crippen LogP contribution is -2.45. The van der Waals surface area contributed by atoms with Crippen LogP contribution in [0.5, 0.6) is 0 Å². The van der Waals surface area contributed by atoms with Crippen LogP contribution in [0.15, 0.2) is 28.4 Å². The van der Waals surface area contributed by atoms with Crippen LogP contribution in [0.2, 0.25) is 0 Å². The number of nitrogens with two attached hydrogens (primary N) is 1. The van der Waals surface area contributed by atoms with Gasteiger partial charge >= 0.3 is 12.1 Å². The second-order valence-electron chi connectivity index (χ2n) is 7.73. The summed E-state index contributed by atoms with van der Waals surface area (Å²) >= 11 is 0.648. The second-order valence-corrected chi connectivity index (χ2v) is 8.61. The van der Waals surface area contributed by atoms with Crippen molar-refractivity contribution >= 4 is 33.5 Å². The van der Waals surface area contributed by atoms with E-state index in [-0.39, 0.29) is 39.9 Å². The number of benzene rings is 1. The zero-order valence-corrected chi connectivity index (χ0v) is 17.9. The first-order valence-electron chi connectivity index (χ1n) is 9.97. The predicted octanol–water partition coefficient (Wildman–Crippen LogP) is 3.02. The molecule has 1 fully saturated rings. The Hall–Kier alpha value is -3.43. The number of piperidine rings is 1. The first-order chi connectivity index (χ1) is 15.6. The summed E-state index contributed by atoms with van der Waals surface area (Å²) in [5.74, 6) is -1.29. The number of carboxylic acid groups (broad SMARTS) is 1. The van der Waals surface area contributed by atoms with Gasteiger partial charge in [-0.05, 0) is 24.5 Å². The van der Waals surface area contributed by atoms with Crippen LogP contribution >= 0.6 is 11.3 Å². The number of fused-ring (bicyclic) bond motifs is 1. The number of carbonyl (C=O) groups is 1. The Kier molecular flexibility index (Phi) is 5.85. The maximum absolute atomic E-state index is 13.5. The molecule has 1 aliphatic rings. The Morgan fingerprint density at radius 3 is 2.79 bits per heavy atom. The van der Waals surface area contributed by atoms with E-state index in [2.05, 4.69) is 4.98 Å². The lowest BCUT2D eigenvalue weighted by molar-refractivity contribution is -0.136. The fraction of sp³-hybridized carbons (Fsp3) is 0.333. The summed E-state index contributed by atoms with van der Waals surface area (Å²) in [6, 6.07) is 5.83. The normalized spacial score (nSPS) is 16.7. The van der Waals surface area contributed by atoms with Crippen LogP contribution in [0.1, 0.15) is 39.9 Å². The fourth-order valence-corrected chi connectivity index (χ4v) is 4.94. The second kappa shape index (κ2) is 8.49. The highest BCUT2D eigenvalue weighted by molar-refractivity contribution is 7.17. The molecule has 2 aromatic heterocycles. The highest BCUT2D eigenvalue weighted by Crippen LogP contribution is 2.37. The molecule has 12 heteroatoms. The number of hydrogen-bond acceptors (Lipinski definition) is 7. The average molecular weight is 477 g/mol. The number of carboxylic acids is 1. The van der Waals surface area contributed by atoms with E-state index >= 15 is 0 Å². The van der Waals surface area contributed by atoms with Crippen molar-refractivity contribution in [2.45, 2.75) is 31.6 Å². The van der Waals surface area contributed by atoms with E-state index in [1.807, 2.05) is 6.07 Å². The van der Waals surface area contributed by atoms with Crippen LogP contribution in [0.4, 0.5) is 19.1 Å². The van der Waals surface area contributed by atoms with Crippen LogP contribution in [0, 0.1) is 11.3 Å². The van der Waals surface area contributed by atoms with Crippen molar-refractivity contribution in [3.05, 3.63) is 56.2 Å². The van der Waals surface area contributed by atoms with Gasteiger partial charge in [0.15, 0.2) is 0 Å². The molecule has 3 N–H and O–H groups in total. The predicted molar refractivity (Wildman–Crippen MR) is 116 cm³/mol.